The van der Waals surface area contributed by atoms with Crippen molar-refractivity contribution >= 4 is 21.7 Å². The van der Waals surface area contributed by atoms with Gasteiger partial charge < -0.3 is 9.84 Å². The van der Waals surface area contributed by atoms with Crippen LogP contribution < -0.4 is 9.04 Å². The molecule has 0 spiro atoms. The molecule has 0 heterocycles. The van der Waals surface area contributed by atoms with Crippen LogP contribution in [0.25, 0.3) is 0 Å². The molecular formula is C23H22FNO5S. The monoisotopic (exact) mass is 443 g/mol. The fraction of sp³-hybridized carbons (Fsp3) is 0.174. The minimum absolute atomic E-state index is 0.00761. The normalized spacial score (nSPS) is 11.4. The zero-order valence-electron chi connectivity index (χ0n) is 17.0. The first-order valence-corrected chi connectivity index (χ1v) is 11.0. The minimum atomic E-state index is -3.92. The zero-order chi connectivity index (χ0) is 22.6. The van der Waals surface area contributed by atoms with E-state index < -0.39 is 27.9 Å². The standard InChI is InChI=1S/C23H22FNO5S/c1-16(2)25(31(28,29)20-6-4-3-5-7-20)21-13-12-19(24)14-22(21)30-15-17-8-10-18(11-9-17)23(26)27/h3-14,16H,15H2,1-2H3,(H,26,27). The molecule has 31 heavy (non-hydrogen) atoms. The zero-order valence-corrected chi connectivity index (χ0v) is 17.8. The van der Waals surface area contributed by atoms with Gasteiger partial charge in [0.15, 0.2) is 0 Å². The number of ether oxygens (including phenoxy) is 1. The molecule has 6 nitrogen and oxygen atoms in total. The highest BCUT2D eigenvalue weighted by atomic mass is 32.2. The van der Waals surface area contributed by atoms with Crippen molar-refractivity contribution in [3.05, 3.63) is 89.7 Å². The number of sulfonamides is 1. The van der Waals surface area contributed by atoms with Gasteiger partial charge in [0.2, 0.25) is 0 Å². The number of hydrogen-bond acceptors (Lipinski definition) is 4. The molecule has 8 heteroatoms. The van der Waals surface area contributed by atoms with Crippen LogP contribution in [-0.4, -0.2) is 25.5 Å². The molecule has 0 aliphatic carbocycles. The number of carboxylic acid groups (broad SMARTS) is 1. The molecule has 0 bridgehead atoms. The highest BCUT2D eigenvalue weighted by molar-refractivity contribution is 7.92. The van der Waals surface area contributed by atoms with Crippen LogP contribution in [0, 0.1) is 5.82 Å². The van der Waals surface area contributed by atoms with Crippen molar-refractivity contribution in [3.8, 4) is 5.75 Å². The van der Waals surface area contributed by atoms with E-state index in [1.807, 2.05) is 0 Å². The number of anilines is 1. The molecule has 0 amide bonds. The number of carbonyl (C=O) groups is 1. The molecule has 3 aromatic carbocycles. The molecule has 162 valence electrons. The van der Waals surface area contributed by atoms with E-state index in [0.717, 1.165) is 6.07 Å². The Morgan fingerprint density at radius 2 is 1.68 bits per heavy atom. The average molecular weight is 443 g/mol. The van der Waals surface area contributed by atoms with Crippen molar-refractivity contribution in [1.29, 1.82) is 0 Å². The second kappa shape index (κ2) is 9.18. The van der Waals surface area contributed by atoms with Crippen LogP contribution in [0.2, 0.25) is 0 Å². The summed E-state index contributed by atoms with van der Waals surface area (Å²) in [5, 5.41) is 9.00. The van der Waals surface area contributed by atoms with E-state index >= 15 is 0 Å². The Labute approximate surface area is 180 Å². The average Bonchev–Trinajstić information content (AvgIpc) is 2.74. The fourth-order valence-corrected chi connectivity index (χ4v) is 4.77. The van der Waals surface area contributed by atoms with Crippen LogP contribution >= 0.6 is 0 Å². The van der Waals surface area contributed by atoms with E-state index in [9.17, 15) is 17.6 Å². The van der Waals surface area contributed by atoms with Gasteiger partial charge >= 0.3 is 5.97 Å². The van der Waals surface area contributed by atoms with Gasteiger partial charge in [0, 0.05) is 12.1 Å². The Morgan fingerprint density at radius 3 is 2.26 bits per heavy atom. The number of aromatic carboxylic acids is 1. The number of hydrogen-bond donors (Lipinski definition) is 1. The van der Waals surface area contributed by atoms with Gasteiger partial charge in [-0.2, -0.15) is 0 Å². The third-order valence-corrected chi connectivity index (χ3v) is 6.53. The van der Waals surface area contributed by atoms with Crippen LogP contribution in [-0.2, 0) is 16.6 Å². The molecule has 0 unspecified atom stereocenters. The van der Waals surface area contributed by atoms with Gasteiger partial charge in [0.1, 0.15) is 18.2 Å². The first-order chi connectivity index (χ1) is 14.7. The second-order valence-corrected chi connectivity index (χ2v) is 8.93. The molecule has 0 fully saturated rings. The summed E-state index contributed by atoms with van der Waals surface area (Å²) >= 11 is 0. The van der Waals surface area contributed by atoms with Gasteiger partial charge in [-0.3, -0.25) is 4.31 Å². The van der Waals surface area contributed by atoms with Crippen LogP contribution in [0.1, 0.15) is 29.8 Å². The lowest BCUT2D eigenvalue weighted by atomic mass is 10.1. The first-order valence-electron chi connectivity index (χ1n) is 9.54. The van der Waals surface area contributed by atoms with E-state index in [1.165, 1.54) is 40.7 Å². The Hall–Kier alpha value is -3.39. The smallest absolute Gasteiger partial charge is 0.335 e. The molecule has 0 radical (unpaired) electrons. The Kier molecular flexibility index (Phi) is 6.60. The first kappa shape index (κ1) is 22.3. The lowest BCUT2D eigenvalue weighted by Gasteiger charge is -2.30. The summed E-state index contributed by atoms with van der Waals surface area (Å²) in [5.74, 6) is -1.55. The summed E-state index contributed by atoms with van der Waals surface area (Å²) in [6.45, 7) is 3.45. The van der Waals surface area contributed by atoms with E-state index in [1.54, 1.807) is 44.2 Å². The van der Waals surface area contributed by atoms with E-state index in [-0.39, 0.29) is 28.5 Å². The molecule has 3 rings (SSSR count). The van der Waals surface area contributed by atoms with Crippen LogP contribution in [0.15, 0.2) is 77.7 Å². The summed E-state index contributed by atoms with van der Waals surface area (Å²) in [6.07, 6.45) is 0. The molecule has 1 N–H and O–H groups in total. The number of benzene rings is 3. The number of nitrogens with zero attached hydrogens (tertiary/aromatic N) is 1. The summed E-state index contributed by atoms with van der Waals surface area (Å²) in [6, 6.07) is 17.3. The third-order valence-electron chi connectivity index (χ3n) is 4.52. The van der Waals surface area contributed by atoms with Crippen LogP contribution in [0.3, 0.4) is 0 Å². The van der Waals surface area contributed by atoms with E-state index in [2.05, 4.69) is 0 Å². The summed E-state index contributed by atoms with van der Waals surface area (Å²) in [5.41, 5.74) is 1.000. The molecule has 0 aromatic heterocycles. The SMILES string of the molecule is CC(C)N(c1ccc(F)cc1OCc1ccc(C(=O)O)cc1)S(=O)(=O)c1ccccc1. The largest absolute Gasteiger partial charge is 0.487 e. The molecule has 0 aliphatic rings. The Morgan fingerprint density at radius 1 is 1.03 bits per heavy atom. The molecule has 0 saturated carbocycles. The molecule has 0 atom stereocenters. The maximum atomic E-state index is 14.0. The molecule has 0 saturated heterocycles. The highest BCUT2D eigenvalue weighted by Gasteiger charge is 2.30. The molecular weight excluding hydrogens is 421 g/mol. The van der Waals surface area contributed by atoms with Crippen molar-refractivity contribution in [2.24, 2.45) is 0 Å². The maximum Gasteiger partial charge on any atom is 0.335 e. The summed E-state index contributed by atoms with van der Waals surface area (Å²) < 4.78 is 47.6. The predicted octanol–water partition coefficient (Wildman–Crippen LogP) is 4.71. The molecule has 0 aliphatic heterocycles. The number of carboxylic acids is 1. The topological polar surface area (TPSA) is 83.9 Å². The molecule has 3 aromatic rings. The number of halogens is 1. The van der Waals surface area contributed by atoms with E-state index in [4.69, 9.17) is 9.84 Å². The Bertz CT molecular complexity index is 1160. The van der Waals surface area contributed by atoms with Crippen molar-refractivity contribution in [2.75, 3.05) is 4.31 Å². The van der Waals surface area contributed by atoms with Gasteiger partial charge in [-0.1, -0.05) is 30.3 Å². The quantitative estimate of drug-likeness (QED) is 0.545. The second-order valence-electron chi connectivity index (χ2n) is 7.11. The van der Waals surface area contributed by atoms with Crippen molar-refractivity contribution < 1.29 is 27.4 Å². The Balaban J connectivity index is 1.96. The van der Waals surface area contributed by atoms with Gasteiger partial charge in [-0.05, 0) is 55.8 Å². The summed E-state index contributed by atoms with van der Waals surface area (Å²) in [7, 11) is -3.92. The highest BCUT2D eigenvalue weighted by Crippen LogP contribution is 2.35. The van der Waals surface area contributed by atoms with Crippen molar-refractivity contribution in [1.82, 2.24) is 0 Å². The van der Waals surface area contributed by atoms with Crippen LogP contribution in [0.5, 0.6) is 5.75 Å². The van der Waals surface area contributed by atoms with Crippen LogP contribution in [0.4, 0.5) is 10.1 Å². The summed E-state index contributed by atoms with van der Waals surface area (Å²) in [4.78, 5) is 11.1. The minimum Gasteiger partial charge on any atom is -0.487 e. The maximum absolute atomic E-state index is 14.0. The van der Waals surface area contributed by atoms with Gasteiger partial charge in [0.25, 0.3) is 10.0 Å². The van der Waals surface area contributed by atoms with E-state index in [0.29, 0.717) is 5.56 Å². The fourth-order valence-electron chi connectivity index (χ4n) is 3.08. The van der Waals surface area contributed by atoms with Crippen molar-refractivity contribution in [2.45, 2.75) is 31.4 Å². The third kappa shape index (κ3) is 5.03. The lowest BCUT2D eigenvalue weighted by molar-refractivity contribution is 0.0697. The lowest BCUT2D eigenvalue weighted by Crippen LogP contribution is -2.37. The predicted molar refractivity (Wildman–Crippen MR) is 115 cm³/mol. The van der Waals surface area contributed by atoms with Gasteiger partial charge in [-0.15, -0.1) is 0 Å². The van der Waals surface area contributed by atoms with Gasteiger partial charge in [0.05, 0.1) is 16.1 Å². The van der Waals surface area contributed by atoms with Crippen molar-refractivity contribution in [3.63, 3.8) is 0 Å². The van der Waals surface area contributed by atoms with Gasteiger partial charge in [-0.25, -0.2) is 17.6 Å². The number of rotatable bonds is 8.